The number of nitrogens with one attached hydrogen (secondary N) is 1. The van der Waals surface area contributed by atoms with E-state index < -0.39 is 23.9 Å². The van der Waals surface area contributed by atoms with Crippen LogP contribution >= 0.6 is 0 Å². The zero-order chi connectivity index (χ0) is 16.5. The number of nitrogens with zero attached hydrogens (tertiary/aromatic N) is 2. The Kier molecular flexibility index (Phi) is 4.48. The third kappa shape index (κ3) is 3.61. The largest absolute Gasteiger partial charge is 0.408 e. The molecule has 0 spiro atoms. The fraction of sp³-hybridized carbons (Fsp3) is 0.500. The lowest BCUT2D eigenvalue weighted by Gasteiger charge is -2.20. The summed E-state index contributed by atoms with van der Waals surface area (Å²) >= 11 is 0. The molecular weight excluding hydrogens is 302 g/mol. The van der Waals surface area contributed by atoms with Gasteiger partial charge in [0.1, 0.15) is 17.6 Å². The lowest BCUT2D eigenvalue weighted by atomic mass is 9.96. The molecule has 1 heterocycles. The van der Waals surface area contributed by atoms with Gasteiger partial charge >= 0.3 is 6.18 Å². The van der Waals surface area contributed by atoms with Crippen LogP contribution in [0.25, 0.3) is 5.57 Å². The standard InChI is InChI=1S/C14H15F4N3O/c1-7(14(16,17)18)19-13-11(15)12(20-8(2)21-13)9-4-3-5-10(22)6-9/h6-7H,3-5H2,1-2H3,(H,19,20,21)/t7-/m1/s1. The van der Waals surface area contributed by atoms with Gasteiger partial charge in [0.25, 0.3) is 0 Å². The Hall–Kier alpha value is -1.99. The molecule has 2 rings (SSSR count). The third-order valence-electron chi connectivity index (χ3n) is 3.32. The molecule has 1 atom stereocenters. The predicted octanol–water partition coefficient (Wildman–Crippen LogP) is 3.42. The minimum Gasteiger partial charge on any atom is -0.356 e. The molecule has 0 fully saturated rings. The first-order chi connectivity index (χ1) is 10.2. The summed E-state index contributed by atoms with van der Waals surface area (Å²) in [6.07, 6.45) is -1.83. The normalized spacial score (nSPS) is 17.2. The van der Waals surface area contributed by atoms with Gasteiger partial charge in [0, 0.05) is 6.42 Å². The van der Waals surface area contributed by atoms with E-state index in [-0.39, 0.29) is 17.3 Å². The molecule has 4 nitrogen and oxygen atoms in total. The number of hydrogen-bond acceptors (Lipinski definition) is 4. The van der Waals surface area contributed by atoms with Crippen molar-refractivity contribution in [2.75, 3.05) is 5.32 Å². The van der Waals surface area contributed by atoms with E-state index in [1.807, 2.05) is 5.32 Å². The van der Waals surface area contributed by atoms with Crippen LogP contribution < -0.4 is 5.32 Å². The predicted molar refractivity (Wildman–Crippen MR) is 72.7 cm³/mol. The van der Waals surface area contributed by atoms with Crippen molar-refractivity contribution >= 4 is 17.2 Å². The van der Waals surface area contributed by atoms with E-state index in [9.17, 15) is 22.4 Å². The van der Waals surface area contributed by atoms with Crippen LogP contribution in [-0.2, 0) is 4.79 Å². The number of aryl methyl sites for hydroxylation is 1. The van der Waals surface area contributed by atoms with Gasteiger partial charge in [-0.25, -0.2) is 14.4 Å². The zero-order valence-electron chi connectivity index (χ0n) is 12.1. The van der Waals surface area contributed by atoms with Crippen LogP contribution in [0.1, 0.15) is 37.7 Å². The molecule has 1 aromatic rings. The maximum atomic E-state index is 14.4. The number of aromatic nitrogens is 2. The molecule has 1 aliphatic rings. The van der Waals surface area contributed by atoms with E-state index in [0.717, 1.165) is 6.92 Å². The Morgan fingerprint density at radius 2 is 1.95 bits per heavy atom. The summed E-state index contributed by atoms with van der Waals surface area (Å²) in [5, 5.41) is 2.02. The number of carbonyl (C=O) groups excluding carboxylic acids is 1. The second-order valence-corrected chi connectivity index (χ2v) is 5.18. The highest BCUT2D eigenvalue weighted by molar-refractivity contribution is 5.98. The smallest absolute Gasteiger partial charge is 0.356 e. The first kappa shape index (κ1) is 16.4. The minimum absolute atomic E-state index is 0.113. The van der Waals surface area contributed by atoms with E-state index in [1.54, 1.807) is 0 Å². The Labute approximate surface area is 124 Å². The van der Waals surface area contributed by atoms with Gasteiger partial charge in [-0.15, -0.1) is 0 Å². The number of ketones is 1. The summed E-state index contributed by atoms with van der Waals surface area (Å²) in [7, 11) is 0. The number of carbonyl (C=O) groups is 1. The van der Waals surface area contributed by atoms with Crippen molar-refractivity contribution in [3.63, 3.8) is 0 Å². The maximum absolute atomic E-state index is 14.4. The van der Waals surface area contributed by atoms with Crippen LogP contribution in [0.5, 0.6) is 0 Å². The molecule has 8 heteroatoms. The Morgan fingerprint density at radius 3 is 2.55 bits per heavy atom. The molecule has 0 unspecified atom stereocenters. The molecule has 0 aliphatic heterocycles. The highest BCUT2D eigenvalue weighted by atomic mass is 19.4. The third-order valence-corrected chi connectivity index (χ3v) is 3.32. The van der Waals surface area contributed by atoms with Crippen LogP contribution in [0.2, 0.25) is 0 Å². The molecule has 0 aromatic carbocycles. The van der Waals surface area contributed by atoms with Crippen molar-refractivity contribution in [2.45, 2.75) is 45.3 Å². The average molecular weight is 317 g/mol. The van der Waals surface area contributed by atoms with E-state index in [4.69, 9.17) is 0 Å². The van der Waals surface area contributed by atoms with Gasteiger partial charge in [-0.1, -0.05) is 0 Å². The number of alkyl halides is 3. The molecule has 0 saturated carbocycles. The molecule has 1 aliphatic carbocycles. The van der Waals surface area contributed by atoms with E-state index in [2.05, 4.69) is 9.97 Å². The summed E-state index contributed by atoms with van der Waals surface area (Å²) in [5.41, 5.74) is 0.277. The van der Waals surface area contributed by atoms with Crippen LogP contribution in [-0.4, -0.2) is 28.0 Å². The molecule has 1 aromatic heterocycles. The fourth-order valence-electron chi connectivity index (χ4n) is 2.13. The Balaban J connectivity index is 2.40. The van der Waals surface area contributed by atoms with Crippen molar-refractivity contribution in [3.8, 4) is 0 Å². The lowest BCUT2D eigenvalue weighted by molar-refractivity contribution is -0.138. The highest BCUT2D eigenvalue weighted by Crippen LogP contribution is 2.30. The quantitative estimate of drug-likeness (QED) is 0.868. The average Bonchev–Trinajstić information content (AvgIpc) is 2.41. The first-order valence-corrected chi connectivity index (χ1v) is 6.79. The molecule has 120 valence electrons. The van der Waals surface area contributed by atoms with Gasteiger partial charge < -0.3 is 5.32 Å². The first-order valence-electron chi connectivity index (χ1n) is 6.79. The van der Waals surface area contributed by atoms with Crippen LogP contribution in [0, 0.1) is 12.7 Å². The SMILES string of the molecule is Cc1nc(N[C@H](C)C(F)(F)F)c(F)c(C2=CC(=O)CCC2)n1. The van der Waals surface area contributed by atoms with Crippen molar-refractivity contribution < 1.29 is 22.4 Å². The summed E-state index contributed by atoms with van der Waals surface area (Å²) in [4.78, 5) is 19.1. The summed E-state index contributed by atoms with van der Waals surface area (Å²) in [5.74, 6) is -1.49. The monoisotopic (exact) mass is 317 g/mol. The number of allylic oxidation sites excluding steroid dienone is 2. The van der Waals surface area contributed by atoms with E-state index >= 15 is 0 Å². The van der Waals surface area contributed by atoms with Gasteiger partial charge in [-0.3, -0.25) is 4.79 Å². The number of halogens is 4. The van der Waals surface area contributed by atoms with Crippen LogP contribution in [0.15, 0.2) is 6.08 Å². The van der Waals surface area contributed by atoms with E-state index in [1.165, 1.54) is 13.0 Å². The molecule has 22 heavy (non-hydrogen) atoms. The summed E-state index contributed by atoms with van der Waals surface area (Å²) in [6, 6.07) is -1.95. The highest BCUT2D eigenvalue weighted by Gasteiger charge is 2.37. The summed E-state index contributed by atoms with van der Waals surface area (Å²) < 4.78 is 52.2. The zero-order valence-corrected chi connectivity index (χ0v) is 12.1. The van der Waals surface area contributed by atoms with Crippen LogP contribution in [0.4, 0.5) is 23.4 Å². The van der Waals surface area contributed by atoms with Gasteiger partial charge in [0.15, 0.2) is 17.4 Å². The second-order valence-electron chi connectivity index (χ2n) is 5.18. The van der Waals surface area contributed by atoms with Crippen molar-refractivity contribution in [1.82, 2.24) is 9.97 Å². The number of hydrogen-bond donors (Lipinski definition) is 1. The molecule has 0 amide bonds. The molecular formula is C14H15F4N3O. The fourth-order valence-corrected chi connectivity index (χ4v) is 2.13. The van der Waals surface area contributed by atoms with Crippen LogP contribution in [0.3, 0.4) is 0 Å². The molecule has 1 N–H and O–H groups in total. The van der Waals surface area contributed by atoms with Gasteiger partial charge in [0.2, 0.25) is 0 Å². The lowest BCUT2D eigenvalue weighted by Crippen LogP contribution is -2.34. The molecule has 0 bridgehead atoms. The molecule has 0 radical (unpaired) electrons. The minimum atomic E-state index is -4.52. The molecule has 0 saturated heterocycles. The van der Waals surface area contributed by atoms with Crippen molar-refractivity contribution in [1.29, 1.82) is 0 Å². The number of rotatable bonds is 3. The topological polar surface area (TPSA) is 54.9 Å². The van der Waals surface area contributed by atoms with Crippen molar-refractivity contribution in [3.05, 3.63) is 23.4 Å². The second kappa shape index (κ2) is 6.02. The Bertz CT molecular complexity index is 625. The van der Waals surface area contributed by atoms with Gasteiger partial charge in [0.05, 0.1) is 0 Å². The van der Waals surface area contributed by atoms with Gasteiger partial charge in [-0.2, -0.15) is 13.2 Å². The Morgan fingerprint density at radius 1 is 1.27 bits per heavy atom. The maximum Gasteiger partial charge on any atom is 0.408 e. The van der Waals surface area contributed by atoms with Crippen molar-refractivity contribution in [2.24, 2.45) is 0 Å². The van der Waals surface area contributed by atoms with Gasteiger partial charge in [-0.05, 0) is 38.3 Å². The number of anilines is 1. The summed E-state index contributed by atoms with van der Waals surface area (Å²) in [6.45, 7) is 2.33. The van der Waals surface area contributed by atoms with E-state index in [0.29, 0.717) is 24.8 Å².